The van der Waals surface area contributed by atoms with Crippen molar-refractivity contribution in [3.8, 4) is 0 Å². The van der Waals surface area contributed by atoms with Crippen LogP contribution in [-0.4, -0.2) is 6.04 Å². The second-order valence-corrected chi connectivity index (χ2v) is 6.95. The Morgan fingerprint density at radius 3 is 2.57 bits per heavy atom. The second-order valence-electron chi connectivity index (χ2n) is 5.46. The van der Waals surface area contributed by atoms with Crippen molar-refractivity contribution in [2.75, 3.05) is 0 Å². The maximum Gasteiger partial charge on any atom is 0.0449 e. The number of nitrogens with two attached hydrogens (primary N) is 1. The van der Waals surface area contributed by atoms with E-state index in [-0.39, 0.29) is 6.04 Å². The molecule has 0 bridgehead atoms. The highest BCUT2D eigenvalue weighted by atomic mass is 35.5. The molecule has 21 heavy (non-hydrogen) atoms. The summed E-state index contributed by atoms with van der Waals surface area (Å²) in [5.41, 5.74) is 9.87. The zero-order valence-electron chi connectivity index (χ0n) is 12.8. The highest BCUT2D eigenvalue weighted by Gasteiger charge is 2.12. The number of rotatable bonds is 5. The number of hydrogen-bond donors (Lipinski definition) is 1. The van der Waals surface area contributed by atoms with E-state index < -0.39 is 0 Å². The van der Waals surface area contributed by atoms with Gasteiger partial charge in [0.2, 0.25) is 0 Å². The molecule has 1 unspecified atom stereocenters. The largest absolute Gasteiger partial charge is 0.327 e. The molecule has 1 atom stereocenters. The molecule has 0 saturated carbocycles. The molecule has 0 saturated heterocycles. The standard InChI is InChI=1S/C18H22ClNS/c1-4-14(20)11-15-16(19)6-5-7-18(15)21-17-9-8-12(2)10-13(17)3/h5-10,14H,4,11,20H2,1-3H3. The maximum atomic E-state index is 6.39. The van der Waals surface area contributed by atoms with Crippen LogP contribution in [0.1, 0.15) is 30.0 Å². The van der Waals surface area contributed by atoms with E-state index >= 15 is 0 Å². The Morgan fingerprint density at radius 2 is 1.90 bits per heavy atom. The third-order valence-corrected chi connectivity index (χ3v) is 5.25. The first-order valence-corrected chi connectivity index (χ1v) is 8.48. The lowest BCUT2D eigenvalue weighted by atomic mass is 10.0. The van der Waals surface area contributed by atoms with Crippen LogP contribution in [0.15, 0.2) is 46.2 Å². The molecule has 0 amide bonds. The summed E-state index contributed by atoms with van der Waals surface area (Å²) in [5, 5.41) is 0.814. The van der Waals surface area contributed by atoms with Gasteiger partial charge in [-0.1, -0.05) is 54.0 Å². The van der Waals surface area contributed by atoms with Gasteiger partial charge in [-0.05, 0) is 56.0 Å². The van der Waals surface area contributed by atoms with Gasteiger partial charge in [-0.15, -0.1) is 0 Å². The van der Waals surface area contributed by atoms with Crippen molar-refractivity contribution in [3.05, 3.63) is 58.1 Å². The van der Waals surface area contributed by atoms with E-state index in [9.17, 15) is 0 Å². The van der Waals surface area contributed by atoms with E-state index in [0.29, 0.717) is 0 Å². The van der Waals surface area contributed by atoms with E-state index in [1.807, 2.05) is 12.1 Å². The highest BCUT2D eigenvalue weighted by Crippen LogP contribution is 2.36. The Labute approximate surface area is 136 Å². The van der Waals surface area contributed by atoms with E-state index in [2.05, 4.69) is 45.0 Å². The fourth-order valence-corrected chi connectivity index (χ4v) is 3.64. The minimum Gasteiger partial charge on any atom is -0.327 e. The minimum atomic E-state index is 0.156. The summed E-state index contributed by atoms with van der Waals surface area (Å²) in [6.07, 6.45) is 1.78. The first-order valence-electron chi connectivity index (χ1n) is 7.29. The van der Waals surface area contributed by atoms with E-state index in [1.165, 1.54) is 26.5 Å². The Morgan fingerprint density at radius 1 is 1.14 bits per heavy atom. The van der Waals surface area contributed by atoms with Gasteiger partial charge in [0.1, 0.15) is 0 Å². The Hall–Kier alpha value is -0.960. The average molecular weight is 320 g/mol. The van der Waals surface area contributed by atoms with Crippen LogP contribution in [0, 0.1) is 13.8 Å². The molecule has 0 fully saturated rings. The summed E-state index contributed by atoms with van der Waals surface area (Å²) in [6.45, 7) is 6.38. The molecule has 2 aromatic rings. The third-order valence-electron chi connectivity index (χ3n) is 3.62. The molecule has 3 heteroatoms. The summed E-state index contributed by atoms with van der Waals surface area (Å²) in [4.78, 5) is 2.48. The fraction of sp³-hybridized carbons (Fsp3) is 0.333. The molecule has 0 radical (unpaired) electrons. The summed E-state index contributed by atoms with van der Waals surface area (Å²) in [7, 11) is 0. The van der Waals surface area contributed by atoms with Crippen LogP contribution in [0.25, 0.3) is 0 Å². The first-order chi connectivity index (χ1) is 10.0. The summed E-state index contributed by atoms with van der Waals surface area (Å²) < 4.78 is 0. The molecule has 2 rings (SSSR count). The quantitative estimate of drug-likeness (QED) is 0.799. The highest BCUT2D eigenvalue weighted by molar-refractivity contribution is 7.99. The predicted octanol–water partition coefficient (Wildman–Crippen LogP) is 5.39. The van der Waals surface area contributed by atoms with Gasteiger partial charge in [0.15, 0.2) is 0 Å². The summed E-state index contributed by atoms with van der Waals surface area (Å²) >= 11 is 8.17. The third kappa shape index (κ3) is 4.26. The van der Waals surface area contributed by atoms with Crippen LogP contribution in [-0.2, 0) is 6.42 Å². The molecule has 0 spiro atoms. The molecular weight excluding hydrogens is 298 g/mol. The van der Waals surface area contributed by atoms with E-state index in [1.54, 1.807) is 11.8 Å². The Bertz CT molecular complexity index is 625. The lowest BCUT2D eigenvalue weighted by Crippen LogP contribution is -2.21. The van der Waals surface area contributed by atoms with Crippen LogP contribution in [0.3, 0.4) is 0 Å². The van der Waals surface area contributed by atoms with Gasteiger partial charge in [-0.3, -0.25) is 0 Å². The molecule has 0 heterocycles. The SMILES string of the molecule is CCC(N)Cc1c(Cl)cccc1Sc1ccc(C)cc1C. The summed E-state index contributed by atoms with van der Waals surface area (Å²) in [6, 6.07) is 12.8. The van der Waals surface area contributed by atoms with Crippen molar-refractivity contribution in [2.24, 2.45) is 5.73 Å². The number of halogens is 1. The van der Waals surface area contributed by atoms with Crippen molar-refractivity contribution >= 4 is 23.4 Å². The van der Waals surface area contributed by atoms with Crippen molar-refractivity contribution in [1.82, 2.24) is 0 Å². The number of benzene rings is 2. The average Bonchev–Trinajstić information content (AvgIpc) is 2.45. The lowest BCUT2D eigenvalue weighted by Gasteiger charge is -2.15. The van der Waals surface area contributed by atoms with Gasteiger partial charge in [-0.25, -0.2) is 0 Å². The first kappa shape index (κ1) is 16.4. The van der Waals surface area contributed by atoms with Crippen molar-refractivity contribution < 1.29 is 0 Å². The Balaban J connectivity index is 2.33. The van der Waals surface area contributed by atoms with Gasteiger partial charge >= 0.3 is 0 Å². The second kappa shape index (κ2) is 7.35. The fourth-order valence-electron chi connectivity index (χ4n) is 2.27. The molecule has 1 nitrogen and oxygen atoms in total. The van der Waals surface area contributed by atoms with Crippen molar-refractivity contribution in [2.45, 2.75) is 49.4 Å². The number of aryl methyl sites for hydroxylation is 2. The molecule has 0 aliphatic carbocycles. The van der Waals surface area contributed by atoms with Gasteiger partial charge in [0.25, 0.3) is 0 Å². The molecular formula is C18H22ClNS. The lowest BCUT2D eigenvalue weighted by molar-refractivity contribution is 0.641. The monoisotopic (exact) mass is 319 g/mol. The molecule has 0 aliphatic heterocycles. The number of hydrogen-bond acceptors (Lipinski definition) is 2. The Kier molecular flexibility index (Phi) is 5.74. The van der Waals surface area contributed by atoms with Gasteiger partial charge in [-0.2, -0.15) is 0 Å². The minimum absolute atomic E-state index is 0.156. The van der Waals surface area contributed by atoms with Gasteiger partial charge in [0, 0.05) is 20.9 Å². The van der Waals surface area contributed by atoms with Crippen LogP contribution in [0.4, 0.5) is 0 Å². The van der Waals surface area contributed by atoms with Crippen LogP contribution in [0.2, 0.25) is 5.02 Å². The van der Waals surface area contributed by atoms with Gasteiger partial charge < -0.3 is 5.73 Å². The van der Waals surface area contributed by atoms with Crippen LogP contribution >= 0.6 is 23.4 Å². The van der Waals surface area contributed by atoms with E-state index in [4.69, 9.17) is 17.3 Å². The zero-order valence-corrected chi connectivity index (χ0v) is 14.4. The topological polar surface area (TPSA) is 26.0 Å². The predicted molar refractivity (Wildman–Crippen MR) is 93.5 cm³/mol. The van der Waals surface area contributed by atoms with E-state index in [0.717, 1.165) is 17.9 Å². The van der Waals surface area contributed by atoms with Crippen LogP contribution < -0.4 is 5.73 Å². The maximum absolute atomic E-state index is 6.39. The molecule has 112 valence electrons. The van der Waals surface area contributed by atoms with Gasteiger partial charge in [0.05, 0.1) is 0 Å². The van der Waals surface area contributed by atoms with Crippen LogP contribution in [0.5, 0.6) is 0 Å². The van der Waals surface area contributed by atoms with Crippen molar-refractivity contribution in [1.29, 1.82) is 0 Å². The molecule has 2 N–H and O–H groups in total. The summed E-state index contributed by atoms with van der Waals surface area (Å²) in [5.74, 6) is 0. The normalized spacial score (nSPS) is 12.4. The smallest absolute Gasteiger partial charge is 0.0449 e. The van der Waals surface area contributed by atoms with Crippen molar-refractivity contribution in [3.63, 3.8) is 0 Å². The zero-order chi connectivity index (χ0) is 15.4. The molecule has 0 aromatic heterocycles. The molecule has 0 aliphatic rings. The molecule has 2 aromatic carbocycles.